The summed E-state index contributed by atoms with van der Waals surface area (Å²) in [5.74, 6) is -1.78. The number of benzene rings is 1. The number of hydrogen-bond donors (Lipinski definition) is 3. The summed E-state index contributed by atoms with van der Waals surface area (Å²) in [7, 11) is 0. The third kappa shape index (κ3) is 3.28. The average Bonchev–Trinajstić information content (AvgIpc) is 2.87. The van der Waals surface area contributed by atoms with Crippen LogP contribution < -0.4 is 11.1 Å². The number of nitrogens with zero attached hydrogens (tertiary/aromatic N) is 1. The van der Waals surface area contributed by atoms with Crippen LogP contribution in [0.25, 0.3) is 0 Å². The molecule has 1 aromatic carbocycles. The SMILES string of the molecule is Nc1ccc(C(=O)N[C@H]2CC[C@@H](C(=O)O)C2)cc1[N+](=O)[O-]. The van der Waals surface area contributed by atoms with Crippen LogP contribution in [0.3, 0.4) is 0 Å². The Morgan fingerprint density at radius 1 is 1.38 bits per heavy atom. The Balaban J connectivity index is 2.06. The summed E-state index contributed by atoms with van der Waals surface area (Å²) in [6.45, 7) is 0. The molecule has 4 N–H and O–H groups in total. The van der Waals surface area contributed by atoms with Crippen molar-refractivity contribution in [3.05, 3.63) is 33.9 Å². The number of anilines is 1. The van der Waals surface area contributed by atoms with Crippen molar-refractivity contribution in [1.29, 1.82) is 0 Å². The van der Waals surface area contributed by atoms with Crippen molar-refractivity contribution >= 4 is 23.3 Å². The van der Waals surface area contributed by atoms with E-state index in [1.807, 2.05) is 0 Å². The Hall–Kier alpha value is -2.64. The van der Waals surface area contributed by atoms with E-state index in [4.69, 9.17) is 10.8 Å². The summed E-state index contributed by atoms with van der Waals surface area (Å²) in [5, 5.41) is 22.4. The molecule has 1 aliphatic rings. The van der Waals surface area contributed by atoms with Gasteiger partial charge in [-0.25, -0.2) is 0 Å². The first-order valence-electron chi connectivity index (χ1n) is 6.46. The number of hydrogen-bond acceptors (Lipinski definition) is 5. The summed E-state index contributed by atoms with van der Waals surface area (Å²) >= 11 is 0. The van der Waals surface area contributed by atoms with Gasteiger partial charge in [0.25, 0.3) is 11.6 Å². The fourth-order valence-electron chi connectivity index (χ4n) is 2.45. The minimum Gasteiger partial charge on any atom is -0.481 e. The first kappa shape index (κ1) is 14.8. The number of carboxylic acids is 1. The number of carbonyl (C=O) groups is 2. The number of nitro groups is 1. The summed E-state index contributed by atoms with van der Waals surface area (Å²) in [4.78, 5) is 33.0. The number of carboxylic acid groups (broad SMARTS) is 1. The predicted molar refractivity (Wildman–Crippen MR) is 73.7 cm³/mol. The molecule has 1 aromatic rings. The highest BCUT2D eigenvalue weighted by Crippen LogP contribution is 2.26. The Labute approximate surface area is 120 Å². The van der Waals surface area contributed by atoms with Crippen LogP contribution in [-0.2, 0) is 4.79 Å². The van der Waals surface area contributed by atoms with Gasteiger partial charge in [-0.2, -0.15) is 0 Å². The Morgan fingerprint density at radius 2 is 2.10 bits per heavy atom. The van der Waals surface area contributed by atoms with Gasteiger partial charge in [-0.15, -0.1) is 0 Å². The lowest BCUT2D eigenvalue weighted by Crippen LogP contribution is -2.33. The molecule has 1 aliphatic carbocycles. The summed E-state index contributed by atoms with van der Waals surface area (Å²) in [6, 6.07) is 3.60. The van der Waals surface area contributed by atoms with E-state index in [0.717, 1.165) is 6.07 Å². The summed E-state index contributed by atoms with van der Waals surface area (Å²) in [6.07, 6.45) is 1.47. The highest BCUT2D eigenvalue weighted by molar-refractivity contribution is 5.95. The molecular weight excluding hydrogens is 278 g/mol. The smallest absolute Gasteiger partial charge is 0.306 e. The Bertz CT molecular complexity index is 601. The van der Waals surface area contributed by atoms with E-state index in [1.165, 1.54) is 12.1 Å². The van der Waals surface area contributed by atoms with Gasteiger partial charge in [0.2, 0.25) is 0 Å². The minimum atomic E-state index is -0.866. The van der Waals surface area contributed by atoms with Gasteiger partial charge in [-0.1, -0.05) is 0 Å². The van der Waals surface area contributed by atoms with Crippen LogP contribution in [0, 0.1) is 16.0 Å². The fraction of sp³-hybridized carbons (Fsp3) is 0.385. The van der Waals surface area contributed by atoms with Crippen LogP contribution in [-0.4, -0.2) is 27.9 Å². The lowest BCUT2D eigenvalue weighted by atomic mass is 10.1. The molecule has 21 heavy (non-hydrogen) atoms. The zero-order valence-corrected chi connectivity index (χ0v) is 11.1. The van der Waals surface area contributed by atoms with Crippen molar-refractivity contribution in [2.24, 2.45) is 5.92 Å². The number of nitro benzene ring substituents is 1. The van der Waals surface area contributed by atoms with E-state index in [0.29, 0.717) is 19.3 Å². The molecule has 0 radical (unpaired) electrons. The van der Waals surface area contributed by atoms with Crippen LogP contribution in [0.2, 0.25) is 0 Å². The molecule has 0 bridgehead atoms. The standard InChI is InChI=1S/C13H15N3O5/c14-10-4-2-7(6-11(10)16(20)21)12(17)15-9-3-1-8(5-9)13(18)19/h2,4,6,8-9H,1,3,5,14H2,(H,15,17)(H,18,19)/t8-,9+/m1/s1. The monoisotopic (exact) mass is 293 g/mol. The molecule has 0 aliphatic heterocycles. The molecule has 1 amide bonds. The second kappa shape index (κ2) is 5.78. The Kier molecular flexibility index (Phi) is 4.06. The van der Waals surface area contributed by atoms with Gasteiger partial charge >= 0.3 is 5.97 Å². The van der Waals surface area contributed by atoms with Crippen molar-refractivity contribution in [3.8, 4) is 0 Å². The minimum absolute atomic E-state index is 0.0108. The van der Waals surface area contributed by atoms with E-state index >= 15 is 0 Å². The third-order valence-electron chi connectivity index (χ3n) is 3.61. The maximum atomic E-state index is 12.0. The van der Waals surface area contributed by atoms with E-state index in [9.17, 15) is 19.7 Å². The molecular formula is C13H15N3O5. The molecule has 0 heterocycles. The van der Waals surface area contributed by atoms with Crippen LogP contribution >= 0.6 is 0 Å². The fourth-order valence-corrected chi connectivity index (χ4v) is 2.45. The normalized spacial score (nSPS) is 21.0. The quantitative estimate of drug-likeness (QED) is 0.433. The van der Waals surface area contributed by atoms with Gasteiger partial charge < -0.3 is 16.2 Å². The highest BCUT2D eigenvalue weighted by Gasteiger charge is 2.30. The molecule has 1 fully saturated rings. The maximum absolute atomic E-state index is 12.0. The molecule has 8 nitrogen and oxygen atoms in total. The molecule has 8 heteroatoms. The lowest BCUT2D eigenvalue weighted by molar-refractivity contribution is -0.383. The molecule has 0 saturated heterocycles. The van der Waals surface area contributed by atoms with Gasteiger partial charge in [0.1, 0.15) is 5.69 Å². The first-order valence-corrected chi connectivity index (χ1v) is 6.46. The van der Waals surface area contributed by atoms with Gasteiger partial charge in [0.15, 0.2) is 0 Å². The number of carbonyl (C=O) groups excluding carboxylic acids is 1. The van der Waals surface area contributed by atoms with E-state index in [-0.39, 0.29) is 23.0 Å². The number of aliphatic carboxylic acids is 1. The summed E-state index contributed by atoms with van der Waals surface area (Å²) in [5.41, 5.74) is 5.27. The average molecular weight is 293 g/mol. The zero-order chi connectivity index (χ0) is 15.6. The molecule has 1 saturated carbocycles. The molecule has 0 aromatic heterocycles. The second-order valence-corrected chi connectivity index (χ2v) is 5.05. The van der Waals surface area contributed by atoms with Crippen molar-refractivity contribution in [2.45, 2.75) is 25.3 Å². The van der Waals surface area contributed by atoms with Crippen LogP contribution in [0.5, 0.6) is 0 Å². The van der Waals surface area contributed by atoms with Crippen molar-refractivity contribution in [3.63, 3.8) is 0 Å². The van der Waals surface area contributed by atoms with Crippen molar-refractivity contribution < 1.29 is 19.6 Å². The van der Waals surface area contributed by atoms with Gasteiger partial charge in [0, 0.05) is 17.7 Å². The van der Waals surface area contributed by atoms with Crippen molar-refractivity contribution in [2.75, 3.05) is 5.73 Å². The van der Waals surface area contributed by atoms with E-state index < -0.39 is 22.7 Å². The number of amides is 1. The van der Waals surface area contributed by atoms with Crippen molar-refractivity contribution in [1.82, 2.24) is 5.32 Å². The predicted octanol–water partition coefficient (Wildman–Crippen LogP) is 1.16. The lowest BCUT2D eigenvalue weighted by Gasteiger charge is -2.12. The number of rotatable bonds is 4. The number of nitrogens with one attached hydrogen (secondary N) is 1. The zero-order valence-electron chi connectivity index (χ0n) is 11.1. The highest BCUT2D eigenvalue weighted by atomic mass is 16.6. The van der Waals surface area contributed by atoms with Crippen LogP contribution in [0.15, 0.2) is 18.2 Å². The summed E-state index contributed by atoms with van der Waals surface area (Å²) < 4.78 is 0. The molecule has 112 valence electrons. The largest absolute Gasteiger partial charge is 0.481 e. The van der Waals surface area contributed by atoms with Gasteiger partial charge in [0.05, 0.1) is 10.8 Å². The maximum Gasteiger partial charge on any atom is 0.306 e. The van der Waals surface area contributed by atoms with Crippen LogP contribution in [0.1, 0.15) is 29.6 Å². The first-order chi connectivity index (χ1) is 9.88. The number of nitrogens with two attached hydrogens (primary N) is 1. The Morgan fingerprint density at radius 3 is 2.67 bits per heavy atom. The second-order valence-electron chi connectivity index (χ2n) is 5.05. The topological polar surface area (TPSA) is 136 Å². The van der Waals surface area contributed by atoms with E-state index in [1.54, 1.807) is 0 Å². The number of nitrogen functional groups attached to an aromatic ring is 1. The molecule has 2 rings (SSSR count). The van der Waals surface area contributed by atoms with Gasteiger partial charge in [-0.05, 0) is 31.4 Å². The molecule has 0 spiro atoms. The molecule has 2 atom stereocenters. The van der Waals surface area contributed by atoms with E-state index in [2.05, 4.69) is 5.32 Å². The van der Waals surface area contributed by atoms with Crippen LogP contribution in [0.4, 0.5) is 11.4 Å². The van der Waals surface area contributed by atoms with Gasteiger partial charge in [-0.3, -0.25) is 19.7 Å². The third-order valence-corrected chi connectivity index (χ3v) is 3.61. The molecule has 0 unspecified atom stereocenters.